The molecule has 0 saturated heterocycles. The van der Waals surface area contributed by atoms with Crippen molar-refractivity contribution in [1.29, 1.82) is 0 Å². The Balaban J connectivity index is 1.88. The summed E-state index contributed by atoms with van der Waals surface area (Å²) in [5, 5.41) is 8.72. The van der Waals surface area contributed by atoms with Gasteiger partial charge in [0.15, 0.2) is 11.4 Å². The van der Waals surface area contributed by atoms with E-state index in [0.717, 1.165) is 39.1 Å². The lowest BCUT2D eigenvalue weighted by molar-refractivity contribution is 0.670. The molecule has 2 aromatic carbocycles. The average Bonchev–Trinajstić information content (AvgIpc) is 2.95. The Labute approximate surface area is 127 Å². The maximum atomic E-state index is 6.02. The average molecular weight is 289 g/mol. The molecule has 2 aromatic heterocycles. The second kappa shape index (κ2) is 5.07. The zero-order valence-corrected chi connectivity index (χ0v) is 12.1. The predicted molar refractivity (Wildman–Crippen MR) is 90.8 cm³/mol. The van der Waals surface area contributed by atoms with Gasteiger partial charge in [0.25, 0.3) is 0 Å². The normalized spacial score (nSPS) is 11.0. The van der Waals surface area contributed by atoms with Crippen LogP contribution < -0.4 is 10.6 Å². The number of rotatable bonds is 3. The summed E-state index contributed by atoms with van der Waals surface area (Å²) in [5.41, 5.74) is 3.58. The Hall–Kier alpha value is -3.01. The Morgan fingerprint density at radius 2 is 1.68 bits per heavy atom. The van der Waals surface area contributed by atoms with Gasteiger partial charge in [-0.05, 0) is 24.3 Å². The van der Waals surface area contributed by atoms with Gasteiger partial charge in [0.2, 0.25) is 0 Å². The van der Waals surface area contributed by atoms with Crippen molar-refractivity contribution in [3.05, 3.63) is 60.8 Å². The van der Waals surface area contributed by atoms with Crippen LogP contribution in [0.2, 0.25) is 0 Å². The molecule has 0 atom stereocenters. The van der Waals surface area contributed by atoms with Gasteiger partial charge in [-0.15, -0.1) is 0 Å². The molecule has 4 rings (SSSR count). The van der Waals surface area contributed by atoms with Crippen molar-refractivity contribution >= 4 is 39.1 Å². The number of furan rings is 1. The second-order valence-electron chi connectivity index (χ2n) is 5.06. The summed E-state index contributed by atoms with van der Waals surface area (Å²) < 4.78 is 6.02. The van der Waals surface area contributed by atoms with Gasteiger partial charge in [0, 0.05) is 24.0 Å². The van der Waals surface area contributed by atoms with Crippen LogP contribution in [0.15, 0.2) is 65.2 Å². The van der Waals surface area contributed by atoms with E-state index in [0.29, 0.717) is 0 Å². The molecule has 2 N–H and O–H groups in total. The minimum atomic E-state index is 0.776. The highest BCUT2D eigenvalue weighted by Gasteiger charge is 2.11. The molecule has 22 heavy (non-hydrogen) atoms. The molecular weight excluding hydrogens is 274 g/mol. The molecule has 0 bridgehead atoms. The van der Waals surface area contributed by atoms with Gasteiger partial charge < -0.3 is 15.1 Å². The maximum Gasteiger partial charge on any atom is 0.158 e. The van der Waals surface area contributed by atoms with Crippen molar-refractivity contribution in [2.75, 3.05) is 17.7 Å². The number of nitrogens with zero attached hydrogens (tertiary/aromatic N) is 1. The summed E-state index contributed by atoms with van der Waals surface area (Å²) in [4.78, 5) is 4.39. The lowest BCUT2D eigenvalue weighted by atomic mass is 10.1. The molecule has 0 amide bonds. The van der Waals surface area contributed by atoms with Crippen LogP contribution in [0.5, 0.6) is 0 Å². The van der Waals surface area contributed by atoms with Gasteiger partial charge in [-0.2, -0.15) is 0 Å². The van der Waals surface area contributed by atoms with E-state index in [9.17, 15) is 0 Å². The highest BCUT2D eigenvalue weighted by atomic mass is 16.3. The highest BCUT2D eigenvalue weighted by Crippen LogP contribution is 2.35. The summed E-state index contributed by atoms with van der Waals surface area (Å²) in [6.07, 6.45) is 1.77. The number of hydrogen-bond donors (Lipinski definition) is 2. The van der Waals surface area contributed by atoms with Crippen LogP contribution in [0.4, 0.5) is 17.2 Å². The summed E-state index contributed by atoms with van der Waals surface area (Å²) >= 11 is 0. The quantitative estimate of drug-likeness (QED) is 0.570. The minimum absolute atomic E-state index is 0.776. The van der Waals surface area contributed by atoms with Crippen LogP contribution in [0.3, 0.4) is 0 Å². The van der Waals surface area contributed by atoms with Crippen LogP contribution in [-0.4, -0.2) is 12.0 Å². The minimum Gasteiger partial charge on any atom is -0.454 e. The Bertz CT molecular complexity index is 959. The van der Waals surface area contributed by atoms with Crippen LogP contribution >= 0.6 is 0 Å². The van der Waals surface area contributed by atoms with E-state index in [1.807, 2.05) is 49.5 Å². The predicted octanol–water partition coefficient (Wildman–Crippen LogP) is 4.77. The first kappa shape index (κ1) is 12.7. The van der Waals surface area contributed by atoms with Crippen LogP contribution in [0, 0.1) is 0 Å². The number of fused-ring (bicyclic) bond motifs is 3. The van der Waals surface area contributed by atoms with Crippen molar-refractivity contribution < 1.29 is 4.42 Å². The number of pyridine rings is 1. The number of hydrogen-bond acceptors (Lipinski definition) is 4. The molecule has 0 fully saturated rings. The maximum absolute atomic E-state index is 6.02. The summed E-state index contributed by atoms with van der Waals surface area (Å²) in [7, 11) is 1.88. The second-order valence-corrected chi connectivity index (χ2v) is 5.06. The van der Waals surface area contributed by atoms with E-state index in [2.05, 4.69) is 27.8 Å². The van der Waals surface area contributed by atoms with E-state index in [-0.39, 0.29) is 0 Å². The van der Waals surface area contributed by atoms with Gasteiger partial charge in [-0.3, -0.25) is 0 Å². The molecule has 0 saturated carbocycles. The monoisotopic (exact) mass is 289 g/mol. The Morgan fingerprint density at radius 3 is 2.59 bits per heavy atom. The molecule has 0 unspecified atom stereocenters. The fraction of sp³-hybridized carbons (Fsp3) is 0.0556. The molecular formula is C18H15N3O. The Morgan fingerprint density at radius 1 is 0.864 bits per heavy atom. The molecule has 108 valence electrons. The first-order valence-electron chi connectivity index (χ1n) is 7.17. The third-order valence-electron chi connectivity index (χ3n) is 3.73. The summed E-state index contributed by atoms with van der Waals surface area (Å²) in [6.45, 7) is 0. The standard InChI is InChI=1S/C18H15N3O/c1-19-15-9-5-11-20-18(15)21-14-8-4-7-13-12-6-2-3-10-16(12)22-17(13)14/h2-11,19H,1H3,(H,20,21). The molecule has 0 aliphatic heterocycles. The molecule has 4 nitrogen and oxygen atoms in total. The van der Waals surface area contributed by atoms with E-state index < -0.39 is 0 Å². The van der Waals surface area contributed by atoms with Crippen molar-refractivity contribution in [1.82, 2.24) is 4.98 Å². The van der Waals surface area contributed by atoms with Crippen molar-refractivity contribution in [2.24, 2.45) is 0 Å². The molecule has 4 heteroatoms. The third-order valence-corrected chi connectivity index (χ3v) is 3.73. The third kappa shape index (κ3) is 1.97. The zero-order chi connectivity index (χ0) is 14.9. The van der Waals surface area contributed by atoms with Crippen LogP contribution in [-0.2, 0) is 0 Å². The van der Waals surface area contributed by atoms with E-state index in [4.69, 9.17) is 4.42 Å². The SMILES string of the molecule is CNc1cccnc1Nc1cccc2c1oc1ccccc12. The van der Waals surface area contributed by atoms with Crippen LogP contribution in [0.1, 0.15) is 0 Å². The largest absolute Gasteiger partial charge is 0.454 e. The fourth-order valence-corrected chi connectivity index (χ4v) is 2.68. The van der Waals surface area contributed by atoms with Crippen LogP contribution in [0.25, 0.3) is 21.9 Å². The molecule has 0 aliphatic carbocycles. The van der Waals surface area contributed by atoms with E-state index in [1.54, 1.807) is 6.20 Å². The number of nitrogens with one attached hydrogen (secondary N) is 2. The fourth-order valence-electron chi connectivity index (χ4n) is 2.68. The smallest absolute Gasteiger partial charge is 0.158 e. The number of benzene rings is 2. The van der Waals surface area contributed by atoms with Gasteiger partial charge in [-0.1, -0.05) is 30.3 Å². The zero-order valence-electron chi connectivity index (χ0n) is 12.1. The molecule has 0 aliphatic rings. The first-order chi connectivity index (χ1) is 10.9. The van der Waals surface area contributed by atoms with Gasteiger partial charge >= 0.3 is 0 Å². The summed E-state index contributed by atoms with van der Waals surface area (Å²) in [5.74, 6) is 0.776. The number of aromatic nitrogens is 1. The lowest BCUT2D eigenvalue weighted by Gasteiger charge is -2.10. The number of para-hydroxylation sites is 2. The Kier molecular flexibility index (Phi) is 2.93. The van der Waals surface area contributed by atoms with Gasteiger partial charge in [-0.25, -0.2) is 4.98 Å². The van der Waals surface area contributed by atoms with Gasteiger partial charge in [0.05, 0.1) is 11.4 Å². The van der Waals surface area contributed by atoms with Crippen molar-refractivity contribution in [3.8, 4) is 0 Å². The molecule has 2 heterocycles. The molecule has 0 spiro atoms. The summed E-state index contributed by atoms with van der Waals surface area (Å²) in [6, 6.07) is 18.0. The van der Waals surface area contributed by atoms with Crippen molar-refractivity contribution in [2.45, 2.75) is 0 Å². The van der Waals surface area contributed by atoms with Crippen molar-refractivity contribution in [3.63, 3.8) is 0 Å². The first-order valence-corrected chi connectivity index (χ1v) is 7.17. The van der Waals surface area contributed by atoms with E-state index in [1.165, 1.54) is 0 Å². The topological polar surface area (TPSA) is 50.1 Å². The van der Waals surface area contributed by atoms with E-state index >= 15 is 0 Å². The number of anilines is 3. The molecule has 0 radical (unpaired) electrons. The highest BCUT2D eigenvalue weighted by molar-refractivity contribution is 6.09. The lowest BCUT2D eigenvalue weighted by Crippen LogP contribution is -1.99. The molecule has 4 aromatic rings. The van der Waals surface area contributed by atoms with Gasteiger partial charge in [0.1, 0.15) is 5.58 Å².